The van der Waals surface area contributed by atoms with E-state index in [1.165, 1.54) is 12.8 Å². The lowest BCUT2D eigenvalue weighted by Gasteiger charge is -2.27. The Morgan fingerprint density at radius 1 is 1.37 bits per heavy atom. The summed E-state index contributed by atoms with van der Waals surface area (Å²) in [6.45, 7) is 4.47. The van der Waals surface area contributed by atoms with Crippen LogP contribution >= 0.6 is 11.6 Å². The smallest absolute Gasteiger partial charge is 0.214 e. The zero-order valence-electron chi connectivity index (χ0n) is 12.0. The fourth-order valence-electron chi connectivity index (χ4n) is 2.80. The molecule has 0 spiro atoms. The fraction of sp³-hybridized carbons (Fsp3) is 0.688. The molecule has 1 aromatic rings. The molecule has 0 amide bonds. The summed E-state index contributed by atoms with van der Waals surface area (Å²) < 4.78 is 6.09. The van der Waals surface area contributed by atoms with E-state index in [2.05, 4.69) is 24.9 Å². The summed E-state index contributed by atoms with van der Waals surface area (Å²) >= 11 is 5.95. The van der Waals surface area contributed by atoms with Gasteiger partial charge in [0, 0.05) is 17.6 Å². The normalized spacial score (nSPS) is 23.3. The first-order chi connectivity index (χ1) is 9.21. The van der Waals surface area contributed by atoms with Gasteiger partial charge in [-0.05, 0) is 43.2 Å². The van der Waals surface area contributed by atoms with Crippen LogP contribution in [0.15, 0.2) is 12.1 Å². The van der Waals surface area contributed by atoms with Gasteiger partial charge in [0.05, 0.1) is 0 Å². The fourth-order valence-corrected chi connectivity index (χ4v) is 2.95. The number of ether oxygens (including phenoxy) is 1. The van der Waals surface area contributed by atoms with Crippen molar-refractivity contribution < 1.29 is 4.74 Å². The van der Waals surface area contributed by atoms with Crippen LogP contribution in [0.2, 0.25) is 0 Å². The van der Waals surface area contributed by atoms with Crippen molar-refractivity contribution in [2.45, 2.75) is 64.4 Å². The van der Waals surface area contributed by atoms with Crippen LogP contribution in [0.25, 0.3) is 0 Å². The monoisotopic (exact) mass is 281 g/mol. The molecule has 0 aliphatic heterocycles. The first-order valence-electron chi connectivity index (χ1n) is 7.43. The molecule has 0 bridgehead atoms. The van der Waals surface area contributed by atoms with E-state index >= 15 is 0 Å². The summed E-state index contributed by atoms with van der Waals surface area (Å²) in [5.41, 5.74) is 2.21. The Kier molecular flexibility index (Phi) is 5.50. The molecule has 2 atom stereocenters. The number of alkyl halides is 1. The molecule has 106 valence electrons. The van der Waals surface area contributed by atoms with Crippen molar-refractivity contribution in [1.29, 1.82) is 0 Å². The molecule has 0 saturated heterocycles. The number of hydrogen-bond donors (Lipinski definition) is 0. The lowest BCUT2D eigenvalue weighted by Crippen LogP contribution is -2.24. The zero-order chi connectivity index (χ0) is 13.7. The van der Waals surface area contributed by atoms with Gasteiger partial charge < -0.3 is 4.74 Å². The maximum absolute atomic E-state index is 6.09. The average Bonchev–Trinajstić information content (AvgIpc) is 2.39. The van der Waals surface area contributed by atoms with Crippen molar-refractivity contribution in [3.63, 3.8) is 0 Å². The second-order valence-corrected chi connectivity index (χ2v) is 5.97. The van der Waals surface area contributed by atoms with Gasteiger partial charge in [-0.2, -0.15) is 0 Å². The predicted molar refractivity (Wildman–Crippen MR) is 79.8 cm³/mol. The number of pyridine rings is 1. The van der Waals surface area contributed by atoms with E-state index in [0.717, 1.165) is 48.7 Å². The Bertz CT molecular complexity index is 408. The highest BCUT2D eigenvalue weighted by atomic mass is 35.5. The maximum atomic E-state index is 6.09. The maximum Gasteiger partial charge on any atom is 0.214 e. The van der Waals surface area contributed by atoms with Gasteiger partial charge in [0.2, 0.25) is 5.88 Å². The van der Waals surface area contributed by atoms with Crippen LogP contribution in [0, 0.1) is 5.92 Å². The van der Waals surface area contributed by atoms with E-state index < -0.39 is 0 Å². The summed E-state index contributed by atoms with van der Waals surface area (Å²) in [5, 5.41) is 0. The summed E-state index contributed by atoms with van der Waals surface area (Å²) in [4.78, 5) is 4.61. The molecule has 2 nitrogen and oxygen atoms in total. The van der Waals surface area contributed by atoms with E-state index in [1.807, 2.05) is 6.07 Å². The molecule has 1 aliphatic rings. The second-order valence-electron chi connectivity index (χ2n) is 5.70. The minimum atomic E-state index is 0.330. The van der Waals surface area contributed by atoms with Gasteiger partial charge in [0.1, 0.15) is 6.10 Å². The van der Waals surface area contributed by atoms with Crippen molar-refractivity contribution in [3.05, 3.63) is 23.4 Å². The summed E-state index contributed by atoms with van der Waals surface area (Å²) in [7, 11) is 0. The average molecular weight is 282 g/mol. The van der Waals surface area contributed by atoms with Gasteiger partial charge in [-0.3, -0.25) is 0 Å². The minimum Gasteiger partial charge on any atom is -0.474 e. The second kappa shape index (κ2) is 7.14. The molecule has 1 aliphatic carbocycles. The van der Waals surface area contributed by atoms with Crippen molar-refractivity contribution in [2.24, 2.45) is 5.92 Å². The Morgan fingerprint density at radius 3 is 2.89 bits per heavy atom. The first kappa shape index (κ1) is 14.6. The van der Waals surface area contributed by atoms with E-state index in [1.54, 1.807) is 0 Å². The largest absolute Gasteiger partial charge is 0.474 e. The molecule has 1 fully saturated rings. The summed E-state index contributed by atoms with van der Waals surface area (Å²) in [6, 6.07) is 4.08. The van der Waals surface area contributed by atoms with Gasteiger partial charge in [-0.15, -0.1) is 11.6 Å². The molecule has 1 saturated carbocycles. The highest BCUT2D eigenvalue weighted by Crippen LogP contribution is 2.27. The number of hydrogen-bond acceptors (Lipinski definition) is 2. The number of halogens is 1. The molecular weight excluding hydrogens is 258 g/mol. The predicted octanol–water partition coefficient (Wildman–Crippen LogP) is 4.73. The molecule has 1 aromatic heterocycles. The van der Waals surface area contributed by atoms with E-state index in [0.29, 0.717) is 12.0 Å². The lowest BCUT2D eigenvalue weighted by molar-refractivity contribution is 0.123. The number of aryl methyl sites for hydroxylation is 1. The van der Waals surface area contributed by atoms with Crippen LogP contribution in [0.1, 0.15) is 57.2 Å². The molecule has 2 unspecified atom stereocenters. The quantitative estimate of drug-likeness (QED) is 0.728. The lowest BCUT2D eigenvalue weighted by atomic mass is 9.89. The van der Waals surface area contributed by atoms with Gasteiger partial charge in [0.15, 0.2) is 0 Å². The van der Waals surface area contributed by atoms with Crippen LogP contribution in [-0.2, 0) is 12.3 Å². The van der Waals surface area contributed by atoms with Gasteiger partial charge in [-0.25, -0.2) is 4.98 Å². The molecule has 0 aromatic carbocycles. The van der Waals surface area contributed by atoms with Crippen LogP contribution in [0.5, 0.6) is 5.88 Å². The molecule has 2 rings (SSSR count). The van der Waals surface area contributed by atoms with Gasteiger partial charge >= 0.3 is 0 Å². The number of nitrogens with zero attached hydrogens (tertiary/aromatic N) is 1. The van der Waals surface area contributed by atoms with Crippen molar-refractivity contribution >= 4 is 11.6 Å². The standard InChI is InChI=1S/C16H24ClNO/c1-3-5-14-9-13(11-17)10-16(18-14)19-15-7-4-6-12(2)8-15/h9-10,12,15H,3-8,11H2,1-2H3. The zero-order valence-corrected chi connectivity index (χ0v) is 12.7. The molecule has 0 radical (unpaired) electrons. The van der Waals surface area contributed by atoms with E-state index in [4.69, 9.17) is 16.3 Å². The summed E-state index contributed by atoms with van der Waals surface area (Å²) in [5.74, 6) is 2.06. The topological polar surface area (TPSA) is 22.1 Å². The first-order valence-corrected chi connectivity index (χ1v) is 7.97. The van der Waals surface area contributed by atoms with Crippen LogP contribution in [0.3, 0.4) is 0 Å². The summed E-state index contributed by atoms with van der Waals surface area (Å²) in [6.07, 6.45) is 7.31. The van der Waals surface area contributed by atoms with E-state index in [9.17, 15) is 0 Å². The van der Waals surface area contributed by atoms with Crippen LogP contribution < -0.4 is 4.74 Å². The minimum absolute atomic E-state index is 0.330. The molecule has 19 heavy (non-hydrogen) atoms. The van der Waals surface area contributed by atoms with Crippen molar-refractivity contribution in [2.75, 3.05) is 0 Å². The highest BCUT2D eigenvalue weighted by Gasteiger charge is 2.20. The molecule has 3 heteroatoms. The Labute approximate surface area is 121 Å². The van der Waals surface area contributed by atoms with Gasteiger partial charge in [0.25, 0.3) is 0 Å². The highest BCUT2D eigenvalue weighted by molar-refractivity contribution is 6.17. The Hall–Kier alpha value is -0.760. The van der Waals surface area contributed by atoms with Crippen molar-refractivity contribution in [3.8, 4) is 5.88 Å². The Balaban J connectivity index is 2.07. The Morgan fingerprint density at radius 2 is 2.21 bits per heavy atom. The number of aromatic nitrogens is 1. The van der Waals surface area contributed by atoms with Gasteiger partial charge in [-0.1, -0.05) is 26.7 Å². The van der Waals surface area contributed by atoms with E-state index in [-0.39, 0.29) is 0 Å². The van der Waals surface area contributed by atoms with Crippen LogP contribution in [-0.4, -0.2) is 11.1 Å². The SMILES string of the molecule is CCCc1cc(CCl)cc(OC2CCCC(C)C2)n1. The third kappa shape index (κ3) is 4.38. The molecule has 0 N–H and O–H groups in total. The third-order valence-corrected chi connectivity index (χ3v) is 4.06. The van der Waals surface area contributed by atoms with Crippen LogP contribution in [0.4, 0.5) is 0 Å². The molecule has 1 heterocycles. The molecular formula is C16H24ClNO. The van der Waals surface area contributed by atoms with Crippen molar-refractivity contribution in [1.82, 2.24) is 4.98 Å². The number of rotatable bonds is 5. The third-order valence-electron chi connectivity index (χ3n) is 3.75.